The summed E-state index contributed by atoms with van der Waals surface area (Å²) in [5.74, 6) is 0.972. The predicted octanol–water partition coefficient (Wildman–Crippen LogP) is 4.51. The van der Waals surface area contributed by atoms with E-state index in [4.69, 9.17) is 9.47 Å². The van der Waals surface area contributed by atoms with Gasteiger partial charge in [0.15, 0.2) is 16.6 Å². The van der Waals surface area contributed by atoms with Crippen LogP contribution < -0.4 is 14.8 Å². The molecule has 2 aromatic carbocycles. The van der Waals surface area contributed by atoms with Crippen molar-refractivity contribution in [1.82, 2.24) is 4.98 Å². The van der Waals surface area contributed by atoms with Gasteiger partial charge in [-0.1, -0.05) is 18.2 Å². The number of carbonyl (C=O) groups excluding carboxylic acids is 1. The van der Waals surface area contributed by atoms with Crippen LogP contribution >= 0.6 is 11.3 Å². The van der Waals surface area contributed by atoms with E-state index in [1.807, 2.05) is 23.6 Å². The first kappa shape index (κ1) is 17.5. The van der Waals surface area contributed by atoms with E-state index in [1.54, 1.807) is 6.07 Å². The molecule has 5 nitrogen and oxygen atoms in total. The monoisotopic (exact) mass is 380 g/mol. The zero-order valence-corrected chi connectivity index (χ0v) is 16.2. The van der Waals surface area contributed by atoms with Gasteiger partial charge in [0.1, 0.15) is 6.61 Å². The number of nitrogens with zero attached hydrogens (tertiary/aromatic N) is 1. The third kappa shape index (κ3) is 3.53. The van der Waals surface area contributed by atoms with Crippen molar-refractivity contribution in [2.24, 2.45) is 0 Å². The fraction of sp³-hybridized carbons (Fsp3) is 0.238. The summed E-state index contributed by atoms with van der Waals surface area (Å²) in [6.45, 7) is 6.44. The van der Waals surface area contributed by atoms with Gasteiger partial charge in [0, 0.05) is 10.9 Å². The van der Waals surface area contributed by atoms with E-state index in [-0.39, 0.29) is 12.5 Å². The van der Waals surface area contributed by atoms with E-state index >= 15 is 0 Å². The minimum atomic E-state index is -0.699. The standard InChI is InChI=1S/C21H20N2O3S/c1-12-8-14(3)15(9-13(12)2)16-11-27-21(22-16)23-20(24)19-10-25-17-6-4-5-7-18(17)26-19/h4-9,11,19H,10H2,1-3H3,(H,22,23,24)/t19-/m1/s1. The van der Waals surface area contributed by atoms with Crippen LogP contribution in [0, 0.1) is 20.8 Å². The molecule has 3 aromatic rings. The molecule has 1 N–H and O–H groups in total. The molecule has 1 aromatic heterocycles. The zero-order valence-electron chi connectivity index (χ0n) is 15.4. The van der Waals surface area contributed by atoms with Crippen molar-refractivity contribution < 1.29 is 14.3 Å². The quantitative estimate of drug-likeness (QED) is 0.726. The summed E-state index contributed by atoms with van der Waals surface area (Å²) >= 11 is 1.40. The number of carbonyl (C=O) groups is 1. The Kier molecular flexibility index (Phi) is 4.58. The number of hydrogen-bond acceptors (Lipinski definition) is 5. The second-order valence-electron chi connectivity index (χ2n) is 6.64. The Balaban J connectivity index is 1.49. The summed E-state index contributed by atoms with van der Waals surface area (Å²) < 4.78 is 11.4. The van der Waals surface area contributed by atoms with Crippen molar-refractivity contribution in [3.05, 3.63) is 58.5 Å². The van der Waals surface area contributed by atoms with Crippen LogP contribution in [0.3, 0.4) is 0 Å². The predicted molar refractivity (Wildman–Crippen MR) is 107 cm³/mol. The molecule has 27 heavy (non-hydrogen) atoms. The largest absolute Gasteiger partial charge is 0.485 e. The minimum Gasteiger partial charge on any atom is -0.485 e. The van der Waals surface area contributed by atoms with Crippen LogP contribution in [-0.2, 0) is 4.79 Å². The Labute approximate surface area is 162 Å². The molecule has 0 bridgehead atoms. The Bertz CT molecular complexity index is 1010. The highest BCUT2D eigenvalue weighted by molar-refractivity contribution is 7.14. The lowest BCUT2D eigenvalue weighted by Gasteiger charge is -2.25. The van der Waals surface area contributed by atoms with E-state index in [9.17, 15) is 4.79 Å². The second kappa shape index (κ2) is 7.04. The van der Waals surface area contributed by atoms with Gasteiger partial charge in [0.25, 0.3) is 5.91 Å². The zero-order chi connectivity index (χ0) is 19.0. The number of nitrogens with one attached hydrogen (secondary N) is 1. The summed E-state index contributed by atoms with van der Waals surface area (Å²) in [5.41, 5.74) is 5.60. The molecule has 0 saturated carbocycles. The maximum absolute atomic E-state index is 12.5. The number of hydrogen-bond donors (Lipinski definition) is 1. The molecule has 4 rings (SSSR count). The molecule has 0 aliphatic carbocycles. The number of para-hydroxylation sites is 2. The third-order valence-corrected chi connectivity index (χ3v) is 5.41. The minimum absolute atomic E-state index is 0.178. The van der Waals surface area contributed by atoms with E-state index in [0.717, 1.165) is 11.3 Å². The van der Waals surface area contributed by atoms with Crippen LogP contribution in [0.25, 0.3) is 11.3 Å². The first-order valence-corrected chi connectivity index (χ1v) is 9.62. The number of rotatable bonds is 3. The van der Waals surface area contributed by atoms with E-state index < -0.39 is 6.10 Å². The first-order chi connectivity index (χ1) is 13.0. The van der Waals surface area contributed by atoms with Gasteiger partial charge in [-0.15, -0.1) is 11.3 Å². The molecule has 0 radical (unpaired) electrons. The lowest BCUT2D eigenvalue weighted by molar-refractivity contribution is -0.125. The summed E-state index contributed by atoms with van der Waals surface area (Å²) in [5, 5.41) is 5.35. The highest BCUT2D eigenvalue weighted by atomic mass is 32.1. The Morgan fingerprint density at radius 2 is 1.85 bits per heavy atom. The SMILES string of the molecule is Cc1cc(C)c(-c2csc(NC(=O)[C@H]3COc4ccccc4O3)n2)cc1C. The van der Waals surface area contributed by atoms with Gasteiger partial charge in [-0.25, -0.2) is 4.98 Å². The van der Waals surface area contributed by atoms with Gasteiger partial charge < -0.3 is 9.47 Å². The van der Waals surface area contributed by atoms with Crippen LogP contribution in [0.5, 0.6) is 11.5 Å². The van der Waals surface area contributed by atoms with Gasteiger partial charge in [-0.3, -0.25) is 10.1 Å². The number of amides is 1. The number of ether oxygens (including phenoxy) is 2. The Morgan fingerprint density at radius 1 is 1.11 bits per heavy atom. The molecule has 6 heteroatoms. The van der Waals surface area contributed by atoms with Gasteiger partial charge in [0.05, 0.1) is 5.69 Å². The average molecular weight is 380 g/mol. The van der Waals surface area contributed by atoms with Crippen LogP contribution in [0.1, 0.15) is 16.7 Å². The van der Waals surface area contributed by atoms with Gasteiger partial charge in [-0.2, -0.15) is 0 Å². The van der Waals surface area contributed by atoms with Crippen LogP contribution in [0.4, 0.5) is 5.13 Å². The molecular weight excluding hydrogens is 360 g/mol. The fourth-order valence-corrected chi connectivity index (χ4v) is 3.74. The molecular formula is C21H20N2O3S. The van der Waals surface area contributed by atoms with Crippen molar-refractivity contribution in [3.8, 4) is 22.8 Å². The maximum Gasteiger partial charge on any atom is 0.270 e. The third-order valence-electron chi connectivity index (χ3n) is 4.65. The van der Waals surface area contributed by atoms with E-state index in [1.165, 1.54) is 28.0 Å². The highest BCUT2D eigenvalue weighted by Crippen LogP contribution is 2.32. The summed E-state index contributed by atoms with van der Waals surface area (Å²) in [4.78, 5) is 17.1. The average Bonchev–Trinajstić information content (AvgIpc) is 3.12. The number of anilines is 1. The lowest BCUT2D eigenvalue weighted by atomic mass is 9.99. The number of fused-ring (bicyclic) bond motifs is 1. The van der Waals surface area contributed by atoms with Crippen LogP contribution in [-0.4, -0.2) is 23.6 Å². The molecule has 0 saturated heterocycles. The Hall–Kier alpha value is -2.86. The molecule has 1 atom stereocenters. The summed E-state index contributed by atoms with van der Waals surface area (Å²) in [7, 11) is 0. The van der Waals surface area contributed by atoms with Gasteiger partial charge in [0.2, 0.25) is 6.10 Å². The lowest BCUT2D eigenvalue weighted by Crippen LogP contribution is -2.40. The van der Waals surface area contributed by atoms with Crippen LogP contribution in [0.15, 0.2) is 41.8 Å². The molecule has 0 unspecified atom stereocenters. The van der Waals surface area contributed by atoms with Crippen molar-refractivity contribution in [3.63, 3.8) is 0 Å². The highest BCUT2D eigenvalue weighted by Gasteiger charge is 2.28. The van der Waals surface area contributed by atoms with Crippen molar-refractivity contribution in [2.45, 2.75) is 26.9 Å². The molecule has 0 fully saturated rings. The fourth-order valence-electron chi connectivity index (χ4n) is 3.03. The number of aromatic nitrogens is 1. The number of thiazole rings is 1. The summed E-state index contributed by atoms with van der Waals surface area (Å²) in [6.07, 6.45) is -0.699. The van der Waals surface area contributed by atoms with Crippen molar-refractivity contribution in [2.75, 3.05) is 11.9 Å². The van der Waals surface area contributed by atoms with Crippen molar-refractivity contribution >= 4 is 22.4 Å². The van der Waals surface area contributed by atoms with Crippen molar-refractivity contribution in [1.29, 1.82) is 0 Å². The molecule has 0 spiro atoms. The molecule has 1 aliphatic rings. The molecule has 2 heterocycles. The Morgan fingerprint density at radius 3 is 2.67 bits per heavy atom. The molecule has 1 amide bonds. The summed E-state index contributed by atoms with van der Waals surface area (Å²) in [6, 6.07) is 11.6. The smallest absolute Gasteiger partial charge is 0.270 e. The van der Waals surface area contributed by atoms with E-state index in [2.05, 4.69) is 43.2 Å². The molecule has 1 aliphatic heterocycles. The molecule has 138 valence electrons. The van der Waals surface area contributed by atoms with Gasteiger partial charge >= 0.3 is 0 Å². The number of benzene rings is 2. The van der Waals surface area contributed by atoms with Gasteiger partial charge in [-0.05, 0) is 55.7 Å². The first-order valence-electron chi connectivity index (χ1n) is 8.74. The van der Waals surface area contributed by atoms with E-state index in [0.29, 0.717) is 16.6 Å². The number of aryl methyl sites for hydroxylation is 3. The topological polar surface area (TPSA) is 60.5 Å². The maximum atomic E-state index is 12.5. The van der Waals surface area contributed by atoms with Crippen LogP contribution in [0.2, 0.25) is 0 Å². The second-order valence-corrected chi connectivity index (χ2v) is 7.50. The normalized spacial score (nSPS) is 15.4.